The zero-order valence-corrected chi connectivity index (χ0v) is 14.7. The first-order valence-electron chi connectivity index (χ1n) is 7.79. The quantitative estimate of drug-likeness (QED) is 0.754. The van der Waals surface area contributed by atoms with E-state index in [9.17, 15) is 9.59 Å². The van der Waals surface area contributed by atoms with E-state index in [1.165, 1.54) is 0 Å². The molecule has 3 N–H and O–H groups in total. The number of amides is 2. The van der Waals surface area contributed by atoms with Crippen molar-refractivity contribution in [2.45, 2.75) is 13.5 Å². The second-order valence-corrected chi connectivity index (χ2v) is 6.42. The molecule has 0 saturated carbocycles. The fourth-order valence-electron chi connectivity index (χ4n) is 2.84. The molecule has 0 aliphatic rings. The zero-order valence-electron chi connectivity index (χ0n) is 14.0. The first-order valence-corrected chi connectivity index (χ1v) is 8.17. The van der Waals surface area contributed by atoms with Crippen LogP contribution in [0, 0.1) is 6.92 Å². The molecular weight excluding hydrogens is 338 g/mol. The van der Waals surface area contributed by atoms with Crippen molar-refractivity contribution in [3.63, 3.8) is 0 Å². The standard InChI is InChI=1S/C19H18ClN3O2/c1-11-3-4-12(7-15(11)18(21)24)10-22-19(25)17-8-13-5-6-14(20)9-16(13)23(17)2/h3-9H,10H2,1-2H3,(H2,21,24)(H,22,25). The Morgan fingerprint density at radius 1 is 1.16 bits per heavy atom. The molecule has 0 fully saturated rings. The van der Waals surface area contributed by atoms with Gasteiger partial charge in [0.25, 0.3) is 5.91 Å². The summed E-state index contributed by atoms with van der Waals surface area (Å²) in [7, 11) is 1.82. The summed E-state index contributed by atoms with van der Waals surface area (Å²) in [5.41, 5.74) is 8.89. The van der Waals surface area contributed by atoms with Crippen molar-refractivity contribution >= 4 is 34.3 Å². The Hall–Kier alpha value is -2.79. The summed E-state index contributed by atoms with van der Waals surface area (Å²) in [5.74, 6) is -0.674. The number of aromatic nitrogens is 1. The molecular formula is C19H18ClN3O2. The summed E-state index contributed by atoms with van der Waals surface area (Å²) in [5, 5.41) is 4.44. The van der Waals surface area contributed by atoms with Crippen LogP contribution in [-0.2, 0) is 13.6 Å². The molecule has 0 bridgehead atoms. The number of nitrogens with two attached hydrogens (primary N) is 1. The largest absolute Gasteiger partial charge is 0.366 e. The number of benzene rings is 2. The van der Waals surface area contributed by atoms with Crippen molar-refractivity contribution < 1.29 is 9.59 Å². The van der Waals surface area contributed by atoms with Crippen molar-refractivity contribution in [3.8, 4) is 0 Å². The van der Waals surface area contributed by atoms with E-state index in [0.717, 1.165) is 22.0 Å². The maximum Gasteiger partial charge on any atom is 0.268 e. The van der Waals surface area contributed by atoms with Crippen molar-refractivity contribution in [2.24, 2.45) is 12.8 Å². The van der Waals surface area contributed by atoms with Crippen LogP contribution >= 0.6 is 11.6 Å². The van der Waals surface area contributed by atoms with Gasteiger partial charge in [0.2, 0.25) is 5.91 Å². The van der Waals surface area contributed by atoms with Gasteiger partial charge in [-0.1, -0.05) is 29.8 Å². The van der Waals surface area contributed by atoms with Gasteiger partial charge in [0.15, 0.2) is 0 Å². The molecule has 3 aromatic rings. The second kappa shape index (κ2) is 6.61. The Labute approximate surface area is 150 Å². The van der Waals surface area contributed by atoms with Crippen LogP contribution in [0.3, 0.4) is 0 Å². The number of halogens is 1. The second-order valence-electron chi connectivity index (χ2n) is 5.99. The van der Waals surface area contributed by atoms with Crippen molar-refractivity contribution in [2.75, 3.05) is 0 Å². The molecule has 2 aromatic carbocycles. The van der Waals surface area contributed by atoms with Gasteiger partial charge in [0, 0.05) is 35.1 Å². The number of primary amides is 1. The smallest absolute Gasteiger partial charge is 0.268 e. The monoisotopic (exact) mass is 355 g/mol. The number of hydrogen-bond acceptors (Lipinski definition) is 2. The average Bonchev–Trinajstić information content (AvgIpc) is 2.90. The van der Waals surface area contributed by atoms with Crippen molar-refractivity contribution in [1.29, 1.82) is 0 Å². The molecule has 3 rings (SSSR count). The van der Waals surface area contributed by atoms with Crippen LogP contribution in [-0.4, -0.2) is 16.4 Å². The number of carbonyl (C=O) groups is 2. The fourth-order valence-corrected chi connectivity index (χ4v) is 3.00. The lowest BCUT2D eigenvalue weighted by Gasteiger charge is -2.09. The van der Waals surface area contributed by atoms with Crippen molar-refractivity contribution in [1.82, 2.24) is 9.88 Å². The minimum Gasteiger partial charge on any atom is -0.366 e. The molecule has 0 saturated heterocycles. The van der Waals surface area contributed by atoms with Gasteiger partial charge >= 0.3 is 0 Å². The Morgan fingerprint density at radius 2 is 1.92 bits per heavy atom. The predicted octanol–water partition coefficient (Wildman–Crippen LogP) is 3.17. The minimum atomic E-state index is -0.476. The van der Waals surface area contributed by atoms with Crippen LogP contribution in [0.5, 0.6) is 0 Å². The Bertz CT molecular complexity index is 992. The predicted molar refractivity (Wildman–Crippen MR) is 98.8 cm³/mol. The molecule has 1 aromatic heterocycles. The molecule has 0 atom stereocenters. The molecule has 0 spiro atoms. The van der Waals surface area contributed by atoms with Crippen LogP contribution in [0.4, 0.5) is 0 Å². The van der Waals surface area contributed by atoms with Crippen molar-refractivity contribution in [3.05, 3.63) is 69.9 Å². The molecule has 0 unspecified atom stereocenters. The van der Waals surface area contributed by atoms with Gasteiger partial charge in [-0.25, -0.2) is 0 Å². The number of fused-ring (bicyclic) bond motifs is 1. The topological polar surface area (TPSA) is 77.1 Å². The van der Waals surface area contributed by atoms with E-state index < -0.39 is 5.91 Å². The van der Waals surface area contributed by atoms with Crippen LogP contribution in [0.25, 0.3) is 10.9 Å². The lowest BCUT2D eigenvalue weighted by molar-refractivity contribution is 0.0942. The highest BCUT2D eigenvalue weighted by molar-refractivity contribution is 6.31. The first-order chi connectivity index (χ1) is 11.9. The molecule has 0 aliphatic carbocycles. The van der Waals surface area contributed by atoms with E-state index in [1.54, 1.807) is 16.7 Å². The van der Waals surface area contributed by atoms with Gasteiger partial charge in [-0.2, -0.15) is 0 Å². The molecule has 25 heavy (non-hydrogen) atoms. The Kier molecular flexibility index (Phi) is 4.51. The lowest BCUT2D eigenvalue weighted by atomic mass is 10.0. The van der Waals surface area contributed by atoms with Gasteiger partial charge < -0.3 is 15.6 Å². The maximum atomic E-state index is 12.5. The van der Waals surface area contributed by atoms with Gasteiger partial charge in [0.1, 0.15) is 5.69 Å². The third-order valence-corrected chi connectivity index (χ3v) is 4.50. The van der Waals surface area contributed by atoms with Crippen LogP contribution in [0.1, 0.15) is 32.0 Å². The number of nitrogens with zero attached hydrogens (tertiary/aromatic N) is 1. The Balaban J connectivity index is 1.80. The molecule has 1 heterocycles. The molecule has 6 heteroatoms. The Morgan fingerprint density at radius 3 is 2.64 bits per heavy atom. The van der Waals surface area contributed by atoms with E-state index in [0.29, 0.717) is 22.8 Å². The average molecular weight is 356 g/mol. The summed E-state index contributed by atoms with van der Waals surface area (Å²) in [6.07, 6.45) is 0. The fraction of sp³-hybridized carbons (Fsp3) is 0.158. The first kappa shape index (κ1) is 17.0. The lowest BCUT2D eigenvalue weighted by Crippen LogP contribution is -2.25. The summed E-state index contributed by atoms with van der Waals surface area (Å²) in [4.78, 5) is 23.9. The molecule has 2 amide bonds. The highest BCUT2D eigenvalue weighted by atomic mass is 35.5. The highest BCUT2D eigenvalue weighted by Crippen LogP contribution is 2.22. The van der Waals surface area contributed by atoms with E-state index in [-0.39, 0.29) is 5.91 Å². The van der Waals surface area contributed by atoms with E-state index in [4.69, 9.17) is 17.3 Å². The van der Waals surface area contributed by atoms with E-state index in [2.05, 4.69) is 5.32 Å². The minimum absolute atomic E-state index is 0.198. The van der Waals surface area contributed by atoms with Crippen LogP contribution < -0.4 is 11.1 Å². The third-order valence-electron chi connectivity index (χ3n) is 4.26. The summed E-state index contributed by atoms with van der Waals surface area (Å²) in [6, 6.07) is 12.7. The van der Waals surface area contributed by atoms with Crippen LogP contribution in [0.2, 0.25) is 5.02 Å². The number of rotatable bonds is 4. The highest BCUT2D eigenvalue weighted by Gasteiger charge is 2.14. The summed E-state index contributed by atoms with van der Waals surface area (Å²) >= 11 is 6.02. The van der Waals surface area contributed by atoms with Gasteiger partial charge in [-0.3, -0.25) is 9.59 Å². The normalized spacial score (nSPS) is 10.8. The van der Waals surface area contributed by atoms with Gasteiger partial charge in [0.05, 0.1) is 0 Å². The third kappa shape index (κ3) is 3.37. The van der Waals surface area contributed by atoms with Gasteiger partial charge in [-0.05, 0) is 42.3 Å². The van der Waals surface area contributed by atoms with E-state index >= 15 is 0 Å². The zero-order chi connectivity index (χ0) is 18.1. The summed E-state index contributed by atoms with van der Waals surface area (Å²) < 4.78 is 1.81. The number of carbonyl (C=O) groups excluding carboxylic acids is 2. The number of aryl methyl sites for hydroxylation is 2. The molecule has 0 aliphatic heterocycles. The molecule has 128 valence electrons. The van der Waals surface area contributed by atoms with E-state index in [1.807, 2.05) is 44.3 Å². The number of hydrogen-bond donors (Lipinski definition) is 2. The number of nitrogens with one attached hydrogen (secondary N) is 1. The molecule has 0 radical (unpaired) electrons. The summed E-state index contributed by atoms with van der Waals surface area (Å²) in [6.45, 7) is 2.13. The molecule has 5 nitrogen and oxygen atoms in total. The maximum absolute atomic E-state index is 12.5. The van der Waals surface area contributed by atoms with Gasteiger partial charge in [-0.15, -0.1) is 0 Å². The SMILES string of the molecule is Cc1ccc(CNC(=O)c2cc3ccc(Cl)cc3n2C)cc1C(N)=O. The van der Waals surface area contributed by atoms with Crippen LogP contribution in [0.15, 0.2) is 42.5 Å².